The number of carbonyl (C=O) groups excluding carboxylic acids is 1. The highest BCUT2D eigenvalue weighted by Crippen LogP contribution is 2.42. The van der Waals surface area contributed by atoms with Crippen molar-refractivity contribution in [1.82, 2.24) is 4.90 Å². The Balaban J connectivity index is 1.15. The average Bonchev–Trinajstić information content (AvgIpc) is 3.61. The van der Waals surface area contributed by atoms with E-state index < -0.39 is 67.1 Å². The van der Waals surface area contributed by atoms with Gasteiger partial charge in [-0.05, 0) is 105 Å². The highest BCUT2D eigenvalue weighted by Gasteiger charge is 2.54. The van der Waals surface area contributed by atoms with Crippen LogP contribution >= 0.6 is 11.3 Å². The van der Waals surface area contributed by atoms with Gasteiger partial charge in [0.15, 0.2) is 23.7 Å². The van der Waals surface area contributed by atoms with Gasteiger partial charge in [-0.1, -0.05) is 6.42 Å². The third-order valence-electron chi connectivity index (χ3n) is 10.5. The number of fused-ring (bicyclic) bond motifs is 1. The van der Waals surface area contributed by atoms with Crippen molar-refractivity contribution in [3.63, 3.8) is 0 Å². The number of ketones is 1. The molecule has 7 rings (SSSR count). The highest BCUT2D eigenvalue weighted by molar-refractivity contribution is 7.22. The standard InChI is InChI=1S/C40H45NO16S/c1-20-29(42)33(46)37(48)40(51,55-20)57-56-24-11-7-22(8-12-24)36-28(30(43)21-5-9-23(10-6-21)52-18-17-41-15-3-2-4-16-41)26-14-13-25(19-27(26)58-36)53-39-34(47)31(44)32(45)35(54-39)38(49)50/h5-14,19-20,29,31-35,37,39,42,44-48,51H,2-4,15-18H2,1H3,(H,49,50). The number of hydrogen-bond donors (Lipinski definition) is 8. The number of nitrogens with zero attached hydrogens (tertiary/aromatic N) is 1. The Morgan fingerprint density at radius 2 is 1.50 bits per heavy atom. The first kappa shape index (κ1) is 41.9. The Hall–Kier alpha value is -4.28. The summed E-state index contributed by atoms with van der Waals surface area (Å²) in [5.74, 6) is -3.90. The van der Waals surface area contributed by atoms with Crippen LogP contribution in [0.2, 0.25) is 0 Å². The number of benzene rings is 3. The third kappa shape index (κ3) is 8.69. The van der Waals surface area contributed by atoms with E-state index in [4.69, 9.17) is 28.7 Å². The summed E-state index contributed by atoms with van der Waals surface area (Å²) >= 11 is 1.22. The lowest BCUT2D eigenvalue weighted by Crippen LogP contribution is -2.65. The van der Waals surface area contributed by atoms with Crippen LogP contribution in [0.4, 0.5) is 0 Å². The Labute approximate surface area is 335 Å². The first-order valence-electron chi connectivity index (χ1n) is 18.8. The monoisotopic (exact) mass is 827 g/mol. The molecule has 312 valence electrons. The molecule has 4 heterocycles. The van der Waals surface area contributed by atoms with Crippen molar-refractivity contribution in [1.29, 1.82) is 0 Å². The topological polar surface area (TPSA) is 255 Å². The molecule has 3 aliphatic rings. The molecule has 0 amide bonds. The zero-order valence-electron chi connectivity index (χ0n) is 31.2. The van der Waals surface area contributed by atoms with Gasteiger partial charge in [0.05, 0.1) is 6.10 Å². The molecule has 18 heteroatoms. The molecule has 0 spiro atoms. The molecule has 10 unspecified atom stereocenters. The number of aliphatic carboxylic acids is 1. The lowest BCUT2D eigenvalue weighted by Gasteiger charge is -2.42. The largest absolute Gasteiger partial charge is 0.492 e. The van der Waals surface area contributed by atoms with E-state index in [1.807, 2.05) is 0 Å². The van der Waals surface area contributed by atoms with Gasteiger partial charge in [-0.2, -0.15) is 0 Å². The van der Waals surface area contributed by atoms with Crippen LogP contribution < -0.4 is 14.4 Å². The van der Waals surface area contributed by atoms with Crippen molar-refractivity contribution >= 4 is 33.2 Å². The van der Waals surface area contributed by atoms with Crippen molar-refractivity contribution in [3.8, 4) is 27.7 Å². The molecule has 0 saturated carbocycles. The van der Waals surface area contributed by atoms with Crippen molar-refractivity contribution in [2.45, 2.75) is 87.3 Å². The van der Waals surface area contributed by atoms with Crippen LogP contribution in [-0.2, 0) is 19.2 Å². The second-order valence-corrected chi connectivity index (χ2v) is 15.5. The second kappa shape index (κ2) is 17.5. The molecule has 4 aromatic rings. The van der Waals surface area contributed by atoms with E-state index in [9.17, 15) is 50.4 Å². The molecular weight excluding hydrogens is 782 g/mol. The van der Waals surface area contributed by atoms with E-state index in [2.05, 4.69) is 4.90 Å². The number of likely N-dealkylation sites (tertiary alicyclic amines) is 1. The van der Waals surface area contributed by atoms with E-state index >= 15 is 0 Å². The summed E-state index contributed by atoms with van der Waals surface area (Å²) < 4.78 is 22.8. The van der Waals surface area contributed by atoms with Crippen molar-refractivity contribution in [3.05, 3.63) is 77.9 Å². The average molecular weight is 828 g/mol. The number of rotatable bonds is 13. The van der Waals surface area contributed by atoms with Gasteiger partial charge in [-0.25, -0.2) is 4.79 Å². The smallest absolute Gasteiger partial charge is 0.350 e. The summed E-state index contributed by atoms with van der Waals surface area (Å²) in [7, 11) is 0. The van der Waals surface area contributed by atoms with Crippen molar-refractivity contribution in [2.24, 2.45) is 0 Å². The fourth-order valence-electron chi connectivity index (χ4n) is 7.11. The maximum absolute atomic E-state index is 14.4. The van der Waals surface area contributed by atoms with Gasteiger partial charge in [-0.15, -0.1) is 16.2 Å². The van der Waals surface area contributed by atoms with Gasteiger partial charge < -0.3 is 64.7 Å². The Bertz CT molecular complexity index is 2060. The molecule has 8 N–H and O–H groups in total. The maximum Gasteiger partial charge on any atom is 0.350 e. The molecule has 3 fully saturated rings. The molecule has 3 aromatic carbocycles. The lowest BCUT2D eigenvalue weighted by molar-refractivity contribution is -0.515. The van der Waals surface area contributed by atoms with E-state index in [-0.39, 0.29) is 17.3 Å². The van der Waals surface area contributed by atoms with Crippen LogP contribution in [0.5, 0.6) is 17.2 Å². The molecule has 3 saturated heterocycles. The van der Waals surface area contributed by atoms with Gasteiger partial charge in [0.1, 0.15) is 48.6 Å². The zero-order chi connectivity index (χ0) is 41.3. The summed E-state index contributed by atoms with van der Waals surface area (Å²) in [6.45, 7) is 4.79. The molecule has 58 heavy (non-hydrogen) atoms. The van der Waals surface area contributed by atoms with Crippen LogP contribution in [0.3, 0.4) is 0 Å². The SMILES string of the molecule is CC1OC(O)(OOc2ccc(-c3sc4cc(OC5OC(C(=O)O)C(O)C(O)C5O)ccc4c3C(=O)c3ccc(OCCN4CCCCC4)cc3)cc2)C(O)C(O)C1O. The number of carbonyl (C=O) groups is 2. The van der Waals surface area contributed by atoms with E-state index in [1.165, 1.54) is 55.7 Å². The van der Waals surface area contributed by atoms with Gasteiger partial charge in [0.2, 0.25) is 6.29 Å². The zero-order valence-corrected chi connectivity index (χ0v) is 32.0. The van der Waals surface area contributed by atoms with E-state index in [0.29, 0.717) is 44.0 Å². The van der Waals surface area contributed by atoms with Crippen LogP contribution in [-0.4, -0.2) is 145 Å². The Morgan fingerprint density at radius 1 is 0.828 bits per heavy atom. The summed E-state index contributed by atoms with van der Waals surface area (Å²) in [5, 5.41) is 81.9. The molecule has 1 aromatic heterocycles. The first-order chi connectivity index (χ1) is 27.7. The van der Waals surface area contributed by atoms with Gasteiger partial charge in [0.25, 0.3) is 0 Å². The number of carboxylic acid groups (broad SMARTS) is 1. The normalized spacial score (nSPS) is 30.5. The second-order valence-electron chi connectivity index (χ2n) is 14.5. The quantitative estimate of drug-likeness (QED) is 0.0410. The minimum Gasteiger partial charge on any atom is -0.492 e. The van der Waals surface area contributed by atoms with Crippen molar-refractivity contribution in [2.75, 3.05) is 26.2 Å². The number of carboxylic acids is 1. The van der Waals surface area contributed by atoms with Crippen molar-refractivity contribution < 1.29 is 79.2 Å². The van der Waals surface area contributed by atoms with Gasteiger partial charge >= 0.3 is 11.9 Å². The first-order valence-corrected chi connectivity index (χ1v) is 19.6. The predicted molar refractivity (Wildman–Crippen MR) is 203 cm³/mol. The number of hydrogen-bond acceptors (Lipinski definition) is 17. The third-order valence-corrected chi connectivity index (χ3v) is 11.7. The van der Waals surface area contributed by atoms with Crippen LogP contribution in [0, 0.1) is 0 Å². The number of aliphatic hydroxyl groups is 7. The predicted octanol–water partition coefficient (Wildman–Crippen LogP) is 1.39. The Morgan fingerprint density at radius 3 is 2.19 bits per heavy atom. The maximum atomic E-state index is 14.4. The molecule has 17 nitrogen and oxygen atoms in total. The van der Waals surface area contributed by atoms with Crippen LogP contribution in [0.15, 0.2) is 66.7 Å². The number of piperidine rings is 1. The molecule has 0 aliphatic carbocycles. The summed E-state index contributed by atoms with van der Waals surface area (Å²) in [6, 6.07) is 17.7. The Kier molecular flexibility index (Phi) is 12.6. The van der Waals surface area contributed by atoms with Gasteiger partial charge in [0, 0.05) is 32.6 Å². The molecular formula is C40H45NO16S. The molecule has 3 aliphatic heterocycles. The van der Waals surface area contributed by atoms with E-state index in [1.54, 1.807) is 48.5 Å². The van der Waals surface area contributed by atoms with E-state index in [0.717, 1.165) is 19.6 Å². The lowest BCUT2D eigenvalue weighted by atomic mass is 9.97. The molecule has 0 radical (unpaired) electrons. The number of thiophene rings is 1. The van der Waals surface area contributed by atoms with Gasteiger partial charge in [-0.3, -0.25) is 9.69 Å². The molecule has 10 atom stereocenters. The fourth-order valence-corrected chi connectivity index (χ4v) is 8.34. The minimum atomic E-state index is -2.80. The fraction of sp³-hybridized carbons (Fsp3) is 0.450. The number of ether oxygens (including phenoxy) is 4. The summed E-state index contributed by atoms with van der Waals surface area (Å²) in [5.41, 5.74) is 1.28. The highest BCUT2D eigenvalue weighted by atomic mass is 32.1. The van der Waals surface area contributed by atoms with Crippen LogP contribution in [0.25, 0.3) is 20.5 Å². The summed E-state index contributed by atoms with van der Waals surface area (Å²) in [6.07, 6.45) is -11.9. The summed E-state index contributed by atoms with van der Waals surface area (Å²) in [4.78, 5) is 39.1. The molecule has 0 bridgehead atoms. The minimum absolute atomic E-state index is 0.0415. The number of aliphatic hydroxyl groups excluding tert-OH is 6. The van der Waals surface area contributed by atoms with Crippen LogP contribution in [0.1, 0.15) is 42.1 Å².